The van der Waals surface area contributed by atoms with Gasteiger partial charge in [-0.2, -0.15) is 0 Å². The van der Waals surface area contributed by atoms with Gasteiger partial charge in [-0.15, -0.1) is 0 Å². The van der Waals surface area contributed by atoms with Crippen molar-refractivity contribution >= 4 is 11.7 Å². The minimum Gasteiger partial charge on any atom is -0.482 e. The van der Waals surface area contributed by atoms with Crippen LogP contribution in [0.1, 0.15) is 29.5 Å². The predicted octanol–water partition coefficient (Wildman–Crippen LogP) is 4.36. The lowest BCUT2D eigenvalue weighted by Gasteiger charge is -2.09. The molecule has 7 nitrogen and oxygen atoms in total. The summed E-state index contributed by atoms with van der Waals surface area (Å²) in [6, 6.07) is 15.1. The van der Waals surface area contributed by atoms with Crippen molar-refractivity contribution in [2.75, 3.05) is 6.61 Å². The molecule has 1 N–H and O–H groups in total. The highest BCUT2D eigenvalue weighted by Crippen LogP contribution is 2.22. The second-order valence-electron chi connectivity index (χ2n) is 6.50. The van der Waals surface area contributed by atoms with Crippen molar-refractivity contribution in [3.05, 3.63) is 71.1 Å². The van der Waals surface area contributed by atoms with E-state index in [-0.39, 0.29) is 13.2 Å². The number of aliphatic carboxylic acids is 1. The standard InChI is InChI=1S/C22H22N2O5/c1-14-11-18(9-10-20(14)27-13-21(25)26)15(2)24-28-12-19-16(3)29-22(23-19)17-7-5-4-6-8-17/h4-11H,12-13H2,1-3H3,(H,25,26)/b24-15+. The van der Waals surface area contributed by atoms with Gasteiger partial charge >= 0.3 is 5.97 Å². The van der Waals surface area contributed by atoms with Crippen LogP contribution in [0.4, 0.5) is 0 Å². The molecule has 0 aliphatic carbocycles. The van der Waals surface area contributed by atoms with Gasteiger partial charge in [-0.1, -0.05) is 23.4 Å². The third kappa shape index (κ3) is 5.22. The SMILES string of the molecule is C/C(=N\OCc1nc(-c2ccccc2)oc1C)c1ccc(OCC(=O)O)c(C)c1. The molecule has 0 fully saturated rings. The fraction of sp³-hybridized carbons (Fsp3) is 0.227. The van der Waals surface area contributed by atoms with Gasteiger partial charge in [0.1, 0.15) is 17.2 Å². The fourth-order valence-electron chi connectivity index (χ4n) is 2.68. The van der Waals surface area contributed by atoms with Gasteiger partial charge in [0.2, 0.25) is 5.89 Å². The van der Waals surface area contributed by atoms with Crippen LogP contribution in [0, 0.1) is 13.8 Å². The molecule has 3 aromatic rings. The van der Waals surface area contributed by atoms with E-state index in [0.29, 0.717) is 28.8 Å². The third-order valence-corrected chi connectivity index (χ3v) is 4.26. The number of hydrogen-bond acceptors (Lipinski definition) is 6. The zero-order chi connectivity index (χ0) is 20.8. The summed E-state index contributed by atoms with van der Waals surface area (Å²) in [4.78, 5) is 20.6. The van der Waals surface area contributed by atoms with Crippen molar-refractivity contribution in [1.29, 1.82) is 0 Å². The highest BCUT2D eigenvalue weighted by Gasteiger charge is 2.12. The van der Waals surface area contributed by atoms with E-state index in [1.165, 1.54) is 0 Å². The number of nitrogens with zero attached hydrogens (tertiary/aromatic N) is 2. The third-order valence-electron chi connectivity index (χ3n) is 4.26. The Morgan fingerprint density at radius 1 is 1.17 bits per heavy atom. The molecule has 0 amide bonds. The number of carbonyl (C=O) groups is 1. The number of rotatable bonds is 8. The van der Waals surface area contributed by atoms with Gasteiger partial charge in [0.25, 0.3) is 0 Å². The molecule has 1 aromatic heterocycles. The highest BCUT2D eigenvalue weighted by molar-refractivity contribution is 5.98. The number of ether oxygens (including phenoxy) is 1. The summed E-state index contributed by atoms with van der Waals surface area (Å²) in [7, 11) is 0. The summed E-state index contributed by atoms with van der Waals surface area (Å²) in [5.41, 5.74) is 3.95. The Morgan fingerprint density at radius 3 is 2.62 bits per heavy atom. The predicted molar refractivity (Wildman–Crippen MR) is 108 cm³/mol. The van der Waals surface area contributed by atoms with Crippen LogP contribution in [0.25, 0.3) is 11.5 Å². The van der Waals surface area contributed by atoms with Crippen LogP contribution in [0.5, 0.6) is 5.75 Å². The largest absolute Gasteiger partial charge is 0.482 e. The monoisotopic (exact) mass is 394 g/mol. The number of oxime groups is 1. The number of hydrogen-bond donors (Lipinski definition) is 1. The van der Waals surface area contributed by atoms with E-state index in [0.717, 1.165) is 16.7 Å². The Bertz CT molecular complexity index is 1020. The summed E-state index contributed by atoms with van der Waals surface area (Å²) in [6.07, 6.45) is 0. The molecule has 0 unspecified atom stereocenters. The van der Waals surface area contributed by atoms with Crippen LogP contribution in [-0.2, 0) is 16.2 Å². The lowest BCUT2D eigenvalue weighted by molar-refractivity contribution is -0.139. The molecule has 29 heavy (non-hydrogen) atoms. The van der Waals surface area contributed by atoms with Crippen LogP contribution in [0.2, 0.25) is 0 Å². The lowest BCUT2D eigenvalue weighted by Crippen LogP contribution is -2.10. The Balaban J connectivity index is 1.64. The van der Waals surface area contributed by atoms with E-state index in [1.54, 1.807) is 12.1 Å². The molecule has 3 rings (SSSR count). The van der Waals surface area contributed by atoms with Crippen LogP contribution < -0.4 is 4.74 Å². The zero-order valence-corrected chi connectivity index (χ0v) is 16.5. The molecule has 2 aromatic carbocycles. The van der Waals surface area contributed by atoms with E-state index in [9.17, 15) is 4.79 Å². The molecule has 0 aliphatic rings. The minimum absolute atomic E-state index is 0.193. The van der Waals surface area contributed by atoms with Crippen LogP contribution in [0.15, 0.2) is 58.1 Å². The molecule has 0 saturated heterocycles. The second-order valence-corrected chi connectivity index (χ2v) is 6.50. The second kappa shape index (κ2) is 9.05. The van der Waals surface area contributed by atoms with Gasteiger partial charge in [0, 0.05) is 5.56 Å². The van der Waals surface area contributed by atoms with Crippen molar-refractivity contribution in [2.24, 2.45) is 5.16 Å². The smallest absolute Gasteiger partial charge is 0.341 e. The molecule has 0 radical (unpaired) electrons. The Labute approximate surface area is 168 Å². The van der Waals surface area contributed by atoms with E-state index < -0.39 is 5.97 Å². The summed E-state index contributed by atoms with van der Waals surface area (Å²) in [5, 5.41) is 12.9. The first-order valence-corrected chi connectivity index (χ1v) is 9.08. The first-order chi connectivity index (χ1) is 13.9. The Hall–Kier alpha value is -3.61. The molecular weight excluding hydrogens is 372 g/mol. The number of aromatic nitrogens is 1. The normalized spacial score (nSPS) is 11.3. The number of oxazole rings is 1. The van der Waals surface area contributed by atoms with Gasteiger partial charge in [-0.3, -0.25) is 0 Å². The summed E-state index contributed by atoms with van der Waals surface area (Å²) >= 11 is 0. The molecule has 0 bridgehead atoms. The topological polar surface area (TPSA) is 94.2 Å². The maximum absolute atomic E-state index is 10.6. The Morgan fingerprint density at radius 2 is 1.93 bits per heavy atom. The highest BCUT2D eigenvalue weighted by atomic mass is 16.6. The van der Waals surface area contributed by atoms with Crippen molar-refractivity contribution in [3.8, 4) is 17.2 Å². The number of carboxylic acids is 1. The molecule has 0 atom stereocenters. The molecule has 0 spiro atoms. The summed E-state index contributed by atoms with van der Waals surface area (Å²) in [5.74, 6) is 0.747. The van der Waals surface area contributed by atoms with Crippen molar-refractivity contribution in [2.45, 2.75) is 27.4 Å². The molecule has 0 aliphatic heterocycles. The molecule has 0 saturated carbocycles. The fourth-order valence-corrected chi connectivity index (χ4v) is 2.68. The van der Waals surface area contributed by atoms with Crippen LogP contribution in [0.3, 0.4) is 0 Å². The average molecular weight is 394 g/mol. The van der Waals surface area contributed by atoms with Crippen LogP contribution in [-0.4, -0.2) is 28.4 Å². The summed E-state index contributed by atoms with van der Waals surface area (Å²) in [6.45, 7) is 5.33. The minimum atomic E-state index is -1.02. The van der Waals surface area contributed by atoms with Crippen LogP contribution >= 0.6 is 0 Å². The van der Waals surface area contributed by atoms with Crippen molar-refractivity contribution < 1.29 is 23.9 Å². The van der Waals surface area contributed by atoms with Crippen molar-refractivity contribution in [1.82, 2.24) is 4.98 Å². The quantitative estimate of drug-likeness (QED) is 0.451. The van der Waals surface area contributed by atoms with Crippen molar-refractivity contribution in [3.63, 3.8) is 0 Å². The first kappa shape index (κ1) is 20.1. The number of benzene rings is 2. The lowest BCUT2D eigenvalue weighted by atomic mass is 10.1. The maximum Gasteiger partial charge on any atom is 0.341 e. The van der Waals surface area contributed by atoms with E-state index in [4.69, 9.17) is 19.1 Å². The Kier molecular flexibility index (Phi) is 6.29. The number of carboxylic acid groups (broad SMARTS) is 1. The summed E-state index contributed by atoms with van der Waals surface area (Å²) < 4.78 is 11.0. The van der Waals surface area contributed by atoms with E-state index in [1.807, 2.05) is 57.2 Å². The van der Waals surface area contributed by atoms with Gasteiger partial charge < -0.3 is 19.1 Å². The maximum atomic E-state index is 10.6. The zero-order valence-electron chi connectivity index (χ0n) is 16.5. The average Bonchev–Trinajstić information content (AvgIpc) is 3.08. The van der Waals surface area contributed by atoms with Gasteiger partial charge in [-0.05, 0) is 62.2 Å². The molecule has 7 heteroatoms. The van der Waals surface area contributed by atoms with E-state index in [2.05, 4.69) is 10.1 Å². The van der Waals surface area contributed by atoms with E-state index >= 15 is 0 Å². The molecule has 150 valence electrons. The van der Waals surface area contributed by atoms with Gasteiger partial charge in [-0.25, -0.2) is 9.78 Å². The van der Waals surface area contributed by atoms with Gasteiger partial charge in [0.05, 0.1) is 5.71 Å². The number of aryl methyl sites for hydroxylation is 2. The van der Waals surface area contributed by atoms with Gasteiger partial charge in [0.15, 0.2) is 13.2 Å². The molecule has 1 heterocycles. The first-order valence-electron chi connectivity index (χ1n) is 9.08. The molecular formula is C22H22N2O5.